The van der Waals surface area contributed by atoms with Gasteiger partial charge in [-0.2, -0.15) is 0 Å². The number of anilines is 2. The maximum absolute atomic E-state index is 13.5. The van der Waals surface area contributed by atoms with Crippen LogP contribution in [0.3, 0.4) is 0 Å². The predicted octanol–water partition coefficient (Wildman–Crippen LogP) is 3.79. The maximum Gasteiger partial charge on any atom is 0.268 e. The van der Waals surface area contributed by atoms with Gasteiger partial charge in [-0.3, -0.25) is 9.59 Å². The highest BCUT2D eigenvalue weighted by Crippen LogP contribution is 2.32. The van der Waals surface area contributed by atoms with Gasteiger partial charge in [0.05, 0.1) is 16.9 Å². The molecule has 2 amide bonds. The molecule has 0 bridgehead atoms. The first-order valence-electron chi connectivity index (χ1n) is 11.0. The first-order chi connectivity index (χ1) is 16.8. The summed E-state index contributed by atoms with van der Waals surface area (Å²) in [5, 5.41) is 14.5. The number of nitrogen functional groups attached to an aromatic ring is 1. The number of benzene rings is 3. The summed E-state index contributed by atoms with van der Waals surface area (Å²) in [5.74, 6) is -2.08. The Hall–Kier alpha value is -3.88. The van der Waals surface area contributed by atoms with E-state index in [-0.39, 0.29) is 24.5 Å². The average molecular weight is 493 g/mol. The van der Waals surface area contributed by atoms with Crippen molar-refractivity contribution in [3.8, 4) is 5.69 Å². The topological polar surface area (TPSA) is 101 Å². The summed E-state index contributed by atoms with van der Waals surface area (Å²) in [5.41, 5.74) is 7.29. The molecule has 1 aromatic heterocycles. The van der Waals surface area contributed by atoms with E-state index >= 15 is 0 Å². The van der Waals surface area contributed by atoms with Crippen molar-refractivity contribution in [1.29, 1.82) is 0 Å². The van der Waals surface area contributed by atoms with E-state index in [9.17, 15) is 19.1 Å². The Morgan fingerprint density at radius 2 is 1.94 bits per heavy atom. The number of para-hydroxylation sites is 2. The van der Waals surface area contributed by atoms with Crippen LogP contribution in [0.1, 0.15) is 12.0 Å². The highest BCUT2D eigenvalue weighted by Gasteiger charge is 2.51. The zero-order chi connectivity index (χ0) is 24.7. The molecular formula is C26H22ClFN4O3. The van der Waals surface area contributed by atoms with Gasteiger partial charge in [0.2, 0.25) is 5.60 Å². The highest BCUT2D eigenvalue weighted by molar-refractivity contribution is 6.30. The minimum atomic E-state index is -2.21. The molecule has 1 unspecified atom stereocenters. The lowest BCUT2D eigenvalue weighted by atomic mass is 10.0. The van der Waals surface area contributed by atoms with Gasteiger partial charge in [-0.25, -0.2) is 4.39 Å². The van der Waals surface area contributed by atoms with E-state index in [4.69, 9.17) is 17.3 Å². The van der Waals surface area contributed by atoms with E-state index in [1.54, 1.807) is 6.07 Å². The van der Waals surface area contributed by atoms with E-state index in [1.165, 1.54) is 17.0 Å². The molecule has 9 heteroatoms. The SMILES string of the molecule is Nc1ccccc1-n1ccc2cc(N3CCC(O)(C(=O)NCc4cc(F)cc(Cl)c4)C3=O)ccc21. The maximum atomic E-state index is 13.5. The van der Waals surface area contributed by atoms with E-state index in [0.29, 0.717) is 16.9 Å². The molecule has 178 valence electrons. The standard InChI is InChI=1S/C26H22ClFN4O3/c27-18-11-16(12-19(28)14-18)15-30-24(33)26(35)8-10-31(25(26)34)20-5-6-22-17(13-20)7-9-32(22)23-4-2-1-3-21(23)29/h1-7,9,11-14,35H,8,10,15,29H2,(H,30,33). The number of carbonyl (C=O) groups is 2. The van der Waals surface area contributed by atoms with Crippen molar-refractivity contribution in [2.75, 3.05) is 17.2 Å². The summed E-state index contributed by atoms with van der Waals surface area (Å²) in [7, 11) is 0. The molecule has 1 fully saturated rings. The van der Waals surface area contributed by atoms with Gasteiger partial charge < -0.3 is 25.6 Å². The normalized spacial score (nSPS) is 17.8. The summed E-state index contributed by atoms with van der Waals surface area (Å²) >= 11 is 5.84. The summed E-state index contributed by atoms with van der Waals surface area (Å²) in [6, 6.07) is 18.8. The number of nitrogens with zero attached hydrogens (tertiary/aromatic N) is 2. The van der Waals surface area contributed by atoms with Crippen LogP contribution in [0.4, 0.5) is 15.8 Å². The van der Waals surface area contributed by atoms with Crippen LogP contribution in [0.5, 0.6) is 0 Å². The Balaban J connectivity index is 1.35. The van der Waals surface area contributed by atoms with Crippen LogP contribution in [0.15, 0.2) is 72.9 Å². The van der Waals surface area contributed by atoms with E-state index in [0.717, 1.165) is 22.7 Å². The van der Waals surface area contributed by atoms with Gasteiger partial charge in [0, 0.05) is 41.8 Å². The molecule has 1 aliphatic rings. The number of hydrogen-bond acceptors (Lipinski definition) is 4. The number of hydrogen-bond donors (Lipinski definition) is 3. The number of nitrogens with two attached hydrogens (primary N) is 1. The lowest BCUT2D eigenvalue weighted by molar-refractivity contribution is -0.149. The largest absolute Gasteiger partial charge is 0.397 e. The van der Waals surface area contributed by atoms with Crippen LogP contribution in [0.2, 0.25) is 5.02 Å². The van der Waals surface area contributed by atoms with Gasteiger partial charge in [0.15, 0.2) is 0 Å². The van der Waals surface area contributed by atoms with Crippen molar-refractivity contribution < 1.29 is 19.1 Å². The van der Waals surface area contributed by atoms with Gasteiger partial charge in [-0.05, 0) is 60.2 Å². The molecule has 1 saturated heterocycles. The van der Waals surface area contributed by atoms with Gasteiger partial charge in [0.1, 0.15) is 5.82 Å². The number of halogens is 2. The number of amides is 2. The molecule has 1 atom stereocenters. The summed E-state index contributed by atoms with van der Waals surface area (Å²) in [4.78, 5) is 27.3. The van der Waals surface area contributed by atoms with Crippen LogP contribution in [-0.4, -0.2) is 33.6 Å². The van der Waals surface area contributed by atoms with Crippen molar-refractivity contribution >= 4 is 45.7 Å². The monoisotopic (exact) mass is 492 g/mol. The predicted molar refractivity (Wildman–Crippen MR) is 133 cm³/mol. The molecule has 3 aromatic carbocycles. The van der Waals surface area contributed by atoms with Crippen molar-refractivity contribution in [2.24, 2.45) is 0 Å². The number of nitrogens with one attached hydrogen (secondary N) is 1. The minimum absolute atomic E-state index is 0.0683. The zero-order valence-electron chi connectivity index (χ0n) is 18.5. The Bertz CT molecular complexity index is 1450. The number of carbonyl (C=O) groups excluding carboxylic acids is 2. The fourth-order valence-electron chi connectivity index (χ4n) is 4.42. The van der Waals surface area contributed by atoms with E-state index < -0.39 is 23.2 Å². The molecule has 35 heavy (non-hydrogen) atoms. The molecule has 0 saturated carbocycles. The second-order valence-electron chi connectivity index (χ2n) is 8.52. The lowest BCUT2D eigenvalue weighted by Gasteiger charge is -2.22. The van der Waals surface area contributed by atoms with Crippen molar-refractivity contribution in [1.82, 2.24) is 9.88 Å². The van der Waals surface area contributed by atoms with Crippen LogP contribution in [0, 0.1) is 5.82 Å². The van der Waals surface area contributed by atoms with E-state index in [1.807, 2.05) is 53.2 Å². The Morgan fingerprint density at radius 1 is 1.14 bits per heavy atom. The molecular weight excluding hydrogens is 471 g/mol. The Kier molecular flexibility index (Phi) is 5.70. The molecule has 0 aliphatic carbocycles. The third-order valence-corrected chi connectivity index (χ3v) is 6.45. The summed E-state index contributed by atoms with van der Waals surface area (Å²) < 4.78 is 15.5. The Morgan fingerprint density at radius 3 is 2.71 bits per heavy atom. The third-order valence-electron chi connectivity index (χ3n) is 6.23. The van der Waals surface area contributed by atoms with Crippen molar-refractivity contribution in [2.45, 2.75) is 18.6 Å². The number of aliphatic hydroxyl groups is 1. The first kappa shape index (κ1) is 22.9. The number of rotatable bonds is 5. The van der Waals surface area contributed by atoms with Crippen molar-refractivity contribution in [3.63, 3.8) is 0 Å². The Labute approximate surface area is 205 Å². The number of fused-ring (bicyclic) bond motifs is 1. The first-order valence-corrected chi connectivity index (χ1v) is 11.4. The van der Waals surface area contributed by atoms with Crippen molar-refractivity contribution in [3.05, 3.63) is 89.3 Å². The molecule has 5 rings (SSSR count). The minimum Gasteiger partial charge on any atom is -0.397 e. The lowest BCUT2D eigenvalue weighted by Crippen LogP contribution is -2.52. The van der Waals surface area contributed by atoms with Crippen LogP contribution < -0.4 is 16.0 Å². The second kappa shape index (κ2) is 8.72. The highest BCUT2D eigenvalue weighted by atomic mass is 35.5. The second-order valence-corrected chi connectivity index (χ2v) is 8.95. The zero-order valence-corrected chi connectivity index (χ0v) is 19.3. The quantitative estimate of drug-likeness (QED) is 0.291. The molecule has 2 heterocycles. The molecule has 4 N–H and O–H groups in total. The van der Waals surface area contributed by atoms with Gasteiger partial charge >= 0.3 is 0 Å². The average Bonchev–Trinajstić information content (AvgIpc) is 3.38. The third kappa shape index (κ3) is 4.11. The fraction of sp³-hybridized carbons (Fsp3) is 0.154. The molecule has 7 nitrogen and oxygen atoms in total. The van der Waals surface area contributed by atoms with E-state index in [2.05, 4.69) is 5.32 Å². The van der Waals surface area contributed by atoms with Crippen LogP contribution in [0.25, 0.3) is 16.6 Å². The summed E-state index contributed by atoms with van der Waals surface area (Å²) in [6.45, 7) is 0.0976. The van der Waals surface area contributed by atoms with Gasteiger partial charge in [0.25, 0.3) is 11.8 Å². The van der Waals surface area contributed by atoms with Gasteiger partial charge in [-0.15, -0.1) is 0 Å². The summed E-state index contributed by atoms with van der Waals surface area (Å²) in [6.07, 6.45) is 1.83. The fourth-order valence-corrected chi connectivity index (χ4v) is 4.66. The molecule has 1 aliphatic heterocycles. The van der Waals surface area contributed by atoms with Gasteiger partial charge in [-0.1, -0.05) is 23.7 Å². The van der Waals surface area contributed by atoms with Crippen LogP contribution in [-0.2, 0) is 16.1 Å². The molecule has 4 aromatic rings. The van der Waals surface area contributed by atoms with Crippen LogP contribution >= 0.6 is 11.6 Å². The number of aromatic nitrogens is 1. The molecule has 0 spiro atoms. The molecule has 0 radical (unpaired) electrons. The smallest absolute Gasteiger partial charge is 0.268 e.